The first-order valence-corrected chi connectivity index (χ1v) is 7.32. The van der Waals surface area contributed by atoms with E-state index < -0.39 is 12.1 Å². The molecule has 1 aromatic carbocycles. The molecule has 1 aromatic rings. The predicted molar refractivity (Wildman–Crippen MR) is 82.6 cm³/mol. The van der Waals surface area contributed by atoms with Gasteiger partial charge in [0.05, 0.1) is 19.3 Å². The quantitative estimate of drug-likeness (QED) is 0.759. The second kappa shape index (κ2) is 8.82. The van der Waals surface area contributed by atoms with E-state index in [4.69, 9.17) is 10.5 Å². The Morgan fingerprint density at radius 2 is 1.91 bits per heavy atom. The molecule has 2 atom stereocenters. The molecule has 1 rings (SSSR count). The summed E-state index contributed by atoms with van der Waals surface area (Å²) in [5, 5.41) is 10.3. The van der Waals surface area contributed by atoms with Crippen LogP contribution >= 0.6 is 0 Å². The fourth-order valence-corrected chi connectivity index (χ4v) is 2.18. The number of ether oxygens (including phenoxy) is 1. The molecule has 0 aromatic heterocycles. The van der Waals surface area contributed by atoms with Gasteiger partial charge in [0.25, 0.3) is 0 Å². The number of hydrogen-bond donors (Lipinski definition) is 2. The van der Waals surface area contributed by atoms with Crippen LogP contribution in [0.4, 0.5) is 4.39 Å². The van der Waals surface area contributed by atoms with Crippen molar-refractivity contribution in [2.24, 2.45) is 11.7 Å². The average molecular weight is 312 g/mol. The summed E-state index contributed by atoms with van der Waals surface area (Å²) in [7, 11) is 1.48. The van der Waals surface area contributed by atoms with Crippen molar-refractivity contribution >= 4 is 5.91 Å². The smallest absolute Gasteiger partial charge is 0.241 e. The maximum absolute atomic E-state index is 12.9. The van der Waals surface area contributed by atoms with Crippen molar-refractivity contribution in [1.29, 1.82) is 0 Å². The summed E-state index contributed by atoms with van der Waals surface area (Å²) in [4.78, 5) is 13.9. The molecule has 0 aliphatic rings. The summed E-state index contributed by atoms with van der Waals surface area (Å²) in [6.07, 6.45) is -0.891. The van der Waals surface area contributed by atoms with Gasteiger partial charge < -0.3 is 20.5 Å². The number of nitrogens with two attached hydrogens (primary N) is 1. The van der Waals surface area contributed by atoms with Crippen LogP contribution in [-0.4, -0.2) is 48.8 Å². The summed E-state index contributed by atoms with van der Waals surface area (Å²) >= 11 is 0. The molecule has 0 fully saturated rings. The third-order valence-electron chi connectivity index (χ3n) is 3.21. The van der Waals surface area contributed by atoms with Crippen LogP contribution in [0, 0.1) is 11.7 Å². The number of nitrogens with zero attached hydrogens (tertiary/aromatic N) is 1. The van der Waals surface area contributed by atoms with Gasteiger partial charge in [-0.3, -0.25) is 4.79 Å². The van der Waals surface area contributed by atoms with Gasteiger partial charge in [-0.05, 0) is 23.6 Å². The molecule has 5 nitrogen and oxygen atoms in total. The van der Waals surface area contributed by atoms with Crippen molar-refractivity contribution in [2.75, 3.05) is 26.8 Å². The SMILES string of the molecule is COCC(N)C(=O)N(CC(C)C)CC(O)c1ccc(F)cc1. The molecule has 0 saturated carbocycles. The number of carbonyl (C=O) groups is 1. The summed E-state index contributed by atoms with van der Waals surface area (Å²) in [5.41, 5.74) is 6.35. The molecule has 0 radical (unpaired) electrons. The molecule has 0 saturated heterocycles. The Labute approximate surface area is 130 Å². The Hall–Kier alpha value is -1.50. The van der Waals surface area contributed by atoms with Gasteiger partial charge >= 0.3 is 0 Å². The standard InChI is InChI=1S/C16H25FN2O3/c1-11(2)8-19(16(21)14(18)10-22-3)9-15(20)12-4-6-13(17)7-5-12/h4-7,11,14-15,20H,8-10,18H2,1-3H3. The van der Waals surface area contributed by atoms with E-state index in [0.29, 0.717) is 12.1 Å². The van der Waals surface area contributed by atoms with Crippen LogP contribution in [0.2, 0.25) is 0 Å². The Kier molecular flexibility index (Phi) is 7.44. The summed E-state index contributed by atoms with van der Waals surface area (Å²) in [6.45, 7) is 4.67. The van der Waals surface area contributed by atoms with Crippen molar-refractivity contribution in [3.63, 3.8) is 0 Å². The van der Waals surface area contributed by atoms with E-state index in [1.165, 1.54) is 36.3 Å². The van der Waals surface area contributed by atoms with Crippen molar-refractivity contribution in [1.82, 2.24) is 4.90 Å². The van der Waals surface area contributed by atoms with Gasteiger partial charge in [0.2, 0.25) is 5.91 Å². The lowest BCUT2D eigenvalue weighted by atomic mass is 10.1. The van der Waals surface area contributed by atoms with Gasteiger partial charge in [0.15, 0.2) is 0 Å². The Morgan fingerprint density at radius 3 is 2.41 bits per heavy atom. The highest BCUT2D eigenvalue weighted by atomic mass is 19.1. The zero-order chi connectivity index (χ0) is 16.7. The molecule has 0 spiro atoms. The fourth-order valence-electron chi connectivity index (χ4n) is 2.18. The Morgan fingerprint density at radius 1 is 1.32 bits per heavy atom. The number of aliphatic hydroxyl groups excluding tert-OH is 1. The van der Waals surface area contributed by atoms with Crippen LogP contribution in [0.15, 0.2) is 24.3 Å². The van der Waals surface area contributed by atoms with Crippen molar-refractivity contribution in [3.8, 4) is 0 Å². The topological polar surface area (TPSA) is 75.8 Å². The van der Waals surface area contributed by atoms with E-state index in [1.807, 2.05) is 13.8 Å². The number of rotatable bonds is 8. The van der Waals surface area contributed by atoms with E-state index in [1.54, 1.807) is 0 Å². The largest absolute Gasteiger partial charge is 0.387 e. The number of methoxy groups -OCH3 is 1. The van der Waals surface area contributed by atoms with Crippen LogP contribution in [0.1, 0.15) is 25.5 Å². The number of halogens is 1. The van der Waals surface area contributed by atoms with Crippen molar-refractivity contribution in [2.45, 2.75) is 26.0 Å². The second-order valence-electron chi connectivity index (χ2n) is 5.77. The highest BCUT2D eigenvalue weighted by Crippen LogP contribution is 2.16. The first-order chi connectivity index (χ1) is 10.3. The lowest BCUT2D eigenvalue weighted by Gasteiger charge is -2.29. The monoisotopic (exact) mass is 312 g/mol. The molecule has 0 aliphatic carbocycles. The maximum Gasteiger partial charge on any atom is 0.241 e. The van der Waals surface area contributed by atoms with E-state index in [-0.39, 0.29) is 30.8 Å². The maximum atomic E-state index is 12.9. The minimum absolute atomic E-state index is 0.111. The molecule has 2 unspecified atom stereocenters. The number of aliphatic hydroxyl groups is 1. The van der Waals surface area contributed by atoms with Crippen LogP contribution < -0.4 is 5.73 Å². The third-order valence-corrected chi connectivity index (χ3v) is 3.21. The van der Waals surface area contributed by atoms with Gasteiger partial charge in [-0.1, -0.05) is 26.0 Å². The minimum Gasteiger partial charge on any atom is -0.387 e. The normalized spacial score (nSPS) is 14.0. The van der Waals surface area contributed by atoms with Crippen LogP contribution in [-0.2, 0) is 9.53 Å². The molecule has 0 aliphatic heterocycles. The molecule has 124 valence electrons. The predicted octanol–water partition coefficient (Wildman–Crippen LogP) is 1.32. The number of amides is 1. The molecule has 1 amide bonds. The molecule has 0 heterocycles. The number of benzene rings is 1. The Bertz CT molecular complexity index is 465. The fraction of sp³-hybridized carbons (Fsp3) is 0.562. The third kappa shape index (κ3) is 5.71. The first-order valence-electron chi connectivity index (χ1n) is 7.32. The summed E-state index contributed by atoms with van der Waals surface area (Å²) in [5.74, 6) is -0.399. The highest BCUT2D eigenvalue weighted by Gasteiger charge is 2.24. The first kappa shape index (κ1) is 18.5. The molecule has 3 N–H and O–H groups in total. The summed E-state index contributed by atoms with van der Waals surface area (Å²) in [6, 6.07) is 4.82. The molecular formula is C16H25FN2O3. The van der Waals surface area contributed by atoms with E-state index >= 15 is 0 Å². The van der Waals surface area contributed by atoms with Gasteiger partial charge in [0.1, 0.15) is 11.9 Å². The molecule has 6 heteroatoms. The minimum atomic E-state index is -0.891. The molecule has 22 heavy (non-hydrogen) atoms. The van der Waals surface area contributed by atoms with E-state index in [9.17, 15) is 14.3 Å². The average Bonchev–Trinajstić information content (AvgIpc) is 2.46. The summed E-state index contributed by atoms with van der Waals surface area (Å²) < 4.78 is 17.8. The second-order valence-corrected chi connectivity index (χ2v) is 5.77. The highest BCUT2D eigenvalue weighted by molar-refractivity contribution is 5.81. The van der Waals surface area contributed by atoms with Crippen LogP contribution in [0.5, 0.6) is 0 Å². The van der Waals surface area contributed by atoms with Gasteiger partial charge in [-0.25, -0.2) is 4.39 Å². The van der Waals surface area contributed by atoms with Crippen molar-refractivity contribution < 1.29 is 19.0 Å². The lowest BCUT2D eigenvalue weighted by Crippen LogP contribution is -2.48. The number of carbonyl (C=O) groups excluding carboxylic acids is 1. The zero-order valence-electron chi connectivity index (χ0n) is 13.3. The van der Waals surface area contributed by atoms with Gasteiger partial charge in [0, 0.05) is 13.7 Å². The molecule has 0 bridgehead atoms. The van der Waals surface area contributed by atoms with Gasteiger partial charge in [-0.15, -0.1) is 0 Å². The lowest BCUT2D eigenvalue weighted by molar-refractivity contribution is -0.135. The number of hydrogen-bond acceptors (Lipinski definition) is 4. The van der Waals surface area contributed by atoms with Crippen LogP contribution in [0.3, 0.4) is 0 Å². The van der Waals surface area contributed by atoms with Crippen molar-refractivity contribution in [3.05, 3.63) is 35.6 Å². The van der Waals surface area contributed by atoms with Gasteiger partial charge in [-0.2, -0.15) is 0 Å². The van der Waals surface area contributed by atoms with E-state index in [0.717, 1.165) is 0 Å². The Balaban J connectivity index is 2.79. The van der Waals surface area contributed by atoms with E-state index in [2.05, 4.69) is 0 Å². The molecular weight excluding hydrogens is 287 g/mol. The van der Waals surface area contributed by atoms with Crippen LogP contribution in [0.25, 0.3) is 0 Å². The zero-order valence-corrected chi connectivity index (χ0v) is 13.3.